The van der Waals surface area contributed by atoms with Gasteiger partial charge in [0.1, 0.15) is 11.6 Å². The van der Waals surface area contributed by atoms with Crippen LogP contribution < -0.4 is 5.73 Å². The molecule has 0 aliphatic rings. The van der Waals surface area contributed by atoms with Crippen molar-refractivity contribution >= 4 is 49.4 Å². The minimum absolute atomic E-state index is 0.226. The summed E-state index contributed by atoms with van der Waals surface area (Å²) in [5.74, 6) is 1.64. The van der Waals surface area contributed by atoms with Gasteiger partial charge in [0.15, 0.2) is 0 Å². The summed E-state index contributed by atoms with van der Waals surface area (Å²) in [5, 5.41) is 11.4. The van der Waals surface area contributed by atoms with Crippen LogP contribution in [0, 0.1) is 5.82 Å². The van der Waals surface area contributed by atoms with Gasteiger partial charge in [0, 0.05) is 52.2 Å². The largest absolute Gasteiger partial charge is 0.506 e. The molecule has 3 aromatic rings. The average Bonchev–Trinajstić information content (AvgIpc) is 2.94. The molecule has 0 saturated heterocycles. The van der Waals surface area contributed by atoms with Gasteiger partial charge in [0.25, 0.3) is 0 Å². The van der Waals surface area contributed by atoms with Crippen molar-refractivity contribution < 1.29 is 13.7 Å². The Hall–Kier alpha value is -1.35. The van der Waals surface area contributed by atoms with E-state index in [0.717, 1.165) is 27.9 Å². The molecule has 0 spiro atoms. The lowest BCUT2D eigenvalue weighted by atomic mass is 10.1. The molecule has 1 atom stereocenters. The molecule has 3 rings (SSSR count). The monoisotopic (exact) mass is 470 g/mol. The number of hydrogen-bond acceptors (Lipinski definition) is 4. The highest BCUT2D eigenvalue weighted by Gasteiger charge is 2.17. The maximum absolute atomic E-state index is 13.1. The van der Waals surface area contributed by atoms with E-state index in [1.165, 1.54) is 12.1 Å². The Kier molecular flexibility index (Phi) is 6.62. The Morgan fingerprint density at radius 1 is 1.30 bits per heavy atom. The van der Waals surface area contributed by atoms with Gasteiger partial charge in [-0.25, -0.2) is 4.39 Å². The number of thioether (sulfide) groups is 1. The Morgan fingerprint density at radius 2 is 2.00 bits per heavy atom. The third-order valence-corrected chi connectivity index (χ3v) is 7.32. The van der Waals surface area contributed by atoms with Gasteiger partial charge in [-0.15, -0.1) is 0 Å². The fourth-order valence-corrected chi connectivity index (χ4v) is 5.31. The molecule has 27 heavy (non-hydrogen) atoms. The first kappa shape index (κ1) is 20.4. The standard InChI is InChI=1S/C19H20BrFN2O2S2/c1-23-13(11-27(25)14-4-2-12(21)3-5-14)8-15-16(10-26-7-6-22)19(24)17(20)9-18(15)23/h2-5,8-9,24H,6-7,10-11,22H2,1H3. The van der Waals surface area contributed by atoms with Crippen LogP contribution in [0.3, 0.4) is 0 Å². The van der Waals surface area contributed by atoms with Crippen LogP contribution in [0.1, 0.15) is 11.3 Å². The van der Waals surface area contributed by atoms with Crippen molar-refractivity contribution in [1.82, 2.24) is 4.57 Å². The summed E-state index contributed by atoms with van der Waals surface area (Å²) in [5.41, 5.74) is 8.24. The molecule has 0 aliphatic heterocycles. The summed E-state index contributed by atoms with van der Waals surface area (Å²) in [4.78, 5) is 0.587. The highest BCUT2D eigenvalue weighted by Crippen LogP contribution is 2.38. The van der Waals surface area contributed by atoms with Crippen molar-refractivity contribution in [3.8, 4) is 5.75 Å². The zero-order valence-electron chi connectivity index (χ0n) is 14.7. The van der Waals surface area contributed by atoms with Crippen molar-refractivity contribution in [2.24, 2.45) is 12.8 Å². The summed E-state index contributed by atoms with van der Waals surface area (Å²) in [6, 6.07) is 9.57. The number of phenols is 1. The fourth-order valence-electron chi connectivity index (χ4n) is 2.90. The number of phenolic OH excluding ortho intramolecular Hbond substituents is 1. The molecule has 0 aliphatic carbocycles. The number of nitrogens with two attached hydrogens (primary N) is 1. The zero-order chi connectivity index (χ0) is 19.6. The first-order chi connectivity index (χ1) is 12.9. The van der Waals surface area contributed by atoms with E-state index in [9.17, 15) is 13.7 Å². The van der Waals surface area contributed by atoms with Crippen LogP contribution in [0.25, 0.3) is 10.9 Å². The number of aromatic nitrogens is 1. The SMILES string of the molecule is Cn1c(CS(=O)c2ccc(F)cc2)cc2c(CSCCN)c(O)c(Br)cc21. The molecule has 8 heteroatoms. The van der Waals surface area contributed by atoms with E-state index in [1.54, 1.807) is 23.9 Å². The molecule has 4 nitrogen and oxygen atoms in total. The molecule has 144 valence electrons. The van der Waals surface area contributed by atoms with Crippen LogP contribution in [-0.2, 0) is 29.4 Å². The lowest BCUT2D eigenvalue weighted by Gasteiger charge is -2.09. The van der Waals surface area contributed by atoms with Crippen molar-refractivity contribution in [2.75, 3.05) is 12.3 Å². The quantitative estimate of drug-likeness (QED) is 0.505. The summed E-state index contributed by atoms with van der Waals surface area (Å²) in [7, 11) is 0.629. The Morgan fingerprint density at radius 3 is 2.67 bits per heavy atom. The van der Waals surface area contributed by atoms with Gasteiger partial charge in [0.05, 0.1) is 21.0 Å². The molecule has 3 N–H and O–H groups in total. The number of aromatic hydroxyl groups is 1. The van der Waals surface area contributed by atoms with E-state index >= 15 is 0 Å². The van der Waals surface area contributed by atoms with E-state index < -0.39 is 10.8 Å². The molecule has 0 bridgehead atoms. The van der Waals surface area contributed by atoms with Crippen LogP contribution >= 0.6 is 27.7 Å². The first-order valence-corrected chi connectivity index (χ1v) is 11.6. The second kappa shape index (κ2) is 8.77. The van der Waals surface area contributed by atoms with Crippen LogP contribution in [-0.4, -0.2) is 26.2 Å². The number of aryl methyl sites for hydroxylation is 1. The van der Waals surface area contributed by atoms with Crippen molar-refractivity contribution in [3.63, 3.8) is 0 Å². The van der Waals surface area contributed by atoms with E-state index in [-0.39, 0.29) is 11.6 Å². The van der Waals surface area contributed by atoms with Crippen LogP contribution in [0.15, 0.2) is 45.8 Å². The number of halogens is 2. The molecule has 2 aromatic carbocycles. The number of benzene rings is 2. The van der Waals surface area contributed by atoms with Crippen LogP contribution in [0.2, 0.25) is 0 Å². The number of rotatable bonds is 7. The average molecular weight is 471 g/mol. The van der Waals surface area contributed by atoms with Gasteiger partial charge in [-0.2, -0.15) is 11.8 Å². The minimum Gasteiger partial charge on any atom is -0.506 e. The van der Waals surface area contributed by atoms with E-state index in [2.05, 4.69) is 15.9 Å². The number of hydrogen-bond donors (Lipinski definition) is 2. The Labute approximate surface area is 172 Å². The van der Waals surface area contributed by atoms with E-state index in [4.69, 9.17) is 5.73 Å². The maximum atomic E-state index is 13.1. The topological polar surface area (TPSA) is 68.2 Å². The maximum Gasteiger partial charge on any atom is 0.134 e. The summed E-state index contributed by atoms with van der Waals surface area (Å²) >= 11 is 5.08. The van der Waals surface area contributed by atoms with Crippen LogP contribution in [0.4, 0.5) is 4.39 Å². The van der Waals surface area contributed by atoms with Gasteiger partial charge in [0.2, 0.25) is 0 Å². The number of fused-ring (bicyclic) bond motifs is 1. The van der Waals surface area contributed by atoms with Gasteiger partial charge >= 0.3 is 0 Å². The van der Waals surface area contributed by atoms with Crippen LogP contribution in [0.5, 0.6) is 5.75 Å². The van der Waals surface area contributed by atoms with E-state index in [0.29, 0.717) is 27.4 Å². The molecule has 0 fully saturated rings. The van der Waals surface area contributed by atoms with Gasteiger partial charge < -0.3 is 15.4 Å². The highest BCUT2D eigenvalue weighted by molar-refractivity contribution is 9.10. The third-order valence-electron chi connectivity index (χ3n) is 4.34. The summed E-state index contributed by atoms with van der Waals surface area (Å²) in [6.45, 7) is 0.583. The summed E-state index contributed by atoms with van der Waals surface area (Å²) < 4.78 is 28.4. The van der Waals surface area contributed by atoms with Crippen molar-refractivity contribution in [2.45, 2.75) is 16.4 Å². The normalized spacial score (nSPS) is 12.6. The van der Waals surface area contributed by atoms with Gasteiger partial charge in [-0.05, 0) is 52.3 Å². The second-order valence-electron chi connectivity index (χ2n) is 6.10. The Bertz CT molecular complexity index is 990. The molecule has 1 aromatic heterocycles. The predicted octanol–water partition coefficient (Wildman–Crippen LogP) is 4.29. The van der Waals surface area contributed by atoms with Gasteiger partial charge in [-0.3, -0.25) is 4.21 Å². The molecule has 0 radical (unpaired) electrons. The van der Waals surface area contributed by atoms with E-state index in [1.807, 2.05) is 23.7 Å². The fraction of sp³-hybridized carbons (Fsp3) is 0.263. The molecule has 1 unspecified atom stereocenters. The Balaban J connectivity index is 1.97. The highest BCUT2D eigenvalue weighted by atomic mass is 79.9. The molecular weight excluding hydrogens is 451 g/mol. The number of nitrogens with zero attached hydrogens (tertiary/aromatic N) is 1. The molecule has 1 heterocycles. The third kappa shape index (κ3) is 4.39. The predicted molar refractivity (Wildman–Crippen MR) is 114 cm³/mol. The smallest absolute Gasteiger partial charge is 0.134 e. The van der Waals surface area contributed by atoms with Gasteiger partial charge in [-0.1, -0.05) is 0 Å². The van der Waals surface area contributed by atoms with Crippen molar-refractivity contribution in [1.29, 1.82) is 0 Å². The summed E-state index contributed by atoms with van der Waals surface area (Å²) in [6.07, 6.45) is 0. The van der Waals surface area contributed by atoms with Crippen molar-refractivity contribution in [3.05, 3.63) is 57.9 Å². The second-order valence-corrected chi connectivity index (χ2v) is 9.51. The molecule has 0 amide bonds. The zero-order valence-corrected chi connectivity index (χ0v) is 18.0. The lowest BCUT2D eigenvalue weighted by Crippen LogP contribution is -2.02. The first-order valence-electron chi connectivity index (χ1n) is 8.32. The lowest BCUT2D eigenvalue weighted by molar-refractivity contribution is 0.468. The minimum atomic E-state index is -1.29. The molecule has 0 saturated carbocycles. The molecular formula is C19H20BrFN2O2S2.